The number of benzene rings is 7. The maximum absolute atomic E-state index is 2.72. The second-order valence-corrected chi connectivity index (χ2v) is 27.7. The van der Waals surface area contributed by atoms with Gasteiger partial charge in [0.15, 0.2) is 0 Å². The Morgan fingerprint density at radius 1 is 0.431 bits per heavy atom. The van der Waals surface area contributed by atoms with Crippen molar-refractivity contribution in [2.45, 2.75) is 157 Å². The summed E-state index contributed by atoms with van der Waals surface area (Å²) in [4.78, 5) is 5.30. The van der Waals surface area contributed by atoms with Crippen LogP contribution in [0.5, 0.6) is 0 Å². The van der Waals surface area contributed by atoms with E-state index in [1.165, 1.54) is 134 Å². The summed E-state index contributed by atoms with van der Waals surface area (Å²) >= 11 is 2.01. The first kappa shape index (κ1) is 48.4. The van der Waals surface area contributed by atoms with Crippen molar-refractivity contribution in [1.82, 2.24) is 0 Å². The zero-order valence-corrected chi connectivity index (χ0v) is 46.7. The van der Waals surface area contributed by atoms with Crippen LogP contribution < -0.4 is 25.5 Å². The minimum Gasteiger partial charge on any atom is -0.311 e. The van der Waals surface area contributed by atoms with Gasteiger partial charge in [0.2, 0.25) is 0 Å². The molecule has 0 bridgehead atoms. The molecule has 8 aromatic rings. The largest absolute Gasteiger partial charge is 0.311 e. The molecule has 11 rings (SSSR count). The van der Waals surface area contributed by atoms with E-state index >= 15 is 0 Å². The maximum Gasteiger partial charge on any atom is 0.264 e. The third-order valence-corrected chi connectivity index (χ3v) is 17.5. The molecule has 0 radical (unpaired) electrons. The Morgan fingerprint density at radius 3 is 1.62 bits per heavy atom. The predicted octanol–water partition coefficient (Wildman–Crippen LogP) is 17.7. The molecule has 4 heteroatoms. The molecule has 0 saturated carbocycles. The lowest BCUT2D eigenvalue weighted by Gasteiger charge is -2.44. The highest BCUT2D eigenvalue weighted by molar-refractivity contribution is 7.33. The molecule has 0 unspecified atom stereocenters. The molecular weight excluding hydrogens is 888 g/mol. The minimum absolute atomic E-state index is 0.00439. The van der Waals surface area contributed by atoms with Crippen LogP contribution in [0.15, 0.2) is 133 Å². The maximum atomic E-state index is 2.72. The Labute approximate surface area is 436 Å². The van der Waals surface area contributed by atoms with Crippen LogP contribution in [0.25, 0.3) is 32.3 Å². The number of hydrogen-bond acceptors (Lipinski definition) is 3. The van der Waals surface area contributed by atoms with Crippen molar-refractivity contribution >= 4 is 78.0 Å². The summed E-state index contributed by atoms with van der Waals surface area (Å²) in [5.74, 6) is 0. The molecule has 3 heterocycles. The fourth-order valence-electron chi connectivity index (χ4n) is 11.8. The smallest absolute Gasteiger partial charge is 0.264 e. The molecule has 3 aliphatic rings. The van der Waals surface area contributed by atoms with Crippen molar-refractivity contribution in [2.75, 3.05) is 9.80 Å². The summed E-state index contributed by atoms with van der Waals surface area (Å²) < 4.78 is 2.77. The number of aryl methyl sites for hydroxylation is 1. The van der Waals surface area contributed by atoms with Gasteiger partial charge in [0.25, 0.3) is 6.71 Å². The highest BCUT2D eigenvalue weighted by Crippen LogP contribution is 2.52. The summed E-state index contributed by atoms with van der Waals surface area (Å²) in [5.41, 5.74) is 25.5. The van der Waals surface area contributed by atoms with Gasteiger partial charge in [0.1, 0.15) is 0 Å². The predicted molar refractivity (Wildman–Crippen MR) is 317 cm³/mol. The summed E-state index contributed by atoms with van der Waals surface area (Å²) in [6, 6.07) is 53.2. The van der Waals surface area contributed by atoms with Crippen LogP contribution in [0, 0.1) is 0 Å². The van der Waals surface area contributed by atoms with Gasteiger partial charge in [-0.15, -0.1) is 11.3 Å². The Kier molecular flexibility index (Phi) is 11.3. The van der Waals surface area contributed by atoms with E-state index in [0.717, 1.165) is 12.8 Å². The van der Waals surface area contributed by atoms with Gasteiger partial charge in [-0.3, -0.25) is 0 Å². The molecule has 7 aromatic carbocycles. The second kappa shape index (κ2) is 16.9. The second-order valence-electron chi connectivity index (χ2n) is 26.6. The van der Waals surface area contributed by atoms with Crippen LogP contribution in [-0.2, 0) is 39.9 Å². The first-order valence-corrected chi connectivity index (χ1v) is 27.6. The van der Waals surface area contributed by atoms with Gasteiger partial charge in [-0.1, -0.05) is 183 Å². The van der Waals surface area contributed by atoms with Gasteiger partial charge in [-0.05, 0) is 174 Å². The van der Waals surface area contributed by atoms with Crippen molar-refractivity contribution < 1.29 is 0 Å². The van der Waals surface area contributed by atoms with Gasteiger partial charge in [-0.2, -0.15) is 0 Å². The fraction of sp³-hybridized carbons (Fsp3) is 0.353. The van der Waals surface area contributed by atoms with E-state index in [2.05, 4.69) is 247 Å². The third kappa shape index (κ3) is 8.25. The monoisotopic (exact) mass is 963 g/mol. The normalized spacial score (nSPS) is 14.8. The molecule has 0 atom stereocenters. The molecule has 2 nitrogen and oxygen atoms in total. The van der Waals surface area contributed by atoms with Gasteiger partial charge in [0.05, 0.1) is 11.4 Å². The van der Waals surface area contributed by atoms with E-state index in [-0.39, 0.29) is 33.8 Å². The lowest BCUT2D eigenvalue weighted by Crippen LogP contribution is -2.60. The molecule has 1 aliphatic carbocycles. The minimum atomic E-state index is -0.0291. The van der Waals surface area contributed by atoms with Gasteiger partial charge in [0, 0.05) is 43.2 Å². The van der Waals surface area contributed by atoms with Gasteiger partial charge < -0.3 is 9.80 Å². The number of hydrogen-bond donors (Lipinski definition) is 0. The highest BCUT2D eigenvalue weighted by atomic mass is 32.1. The Bertz CT molecular complexity index is 3410. The quantitative estimate of drug-likeness (QED) is 0.162. The molecule has 0 saturated heterocycles. The topological polar surface area (TPSA) is 6.48 Å². The van der Waals surface area contributed by atoms with Crippen LogP contribution in [-0.4, -0.2) is 6.71 Å². The first-order valence-electron chi connectivity index (χ1n) is 26.8. The summed E-state index contributed by atoms with van der Waals surface area (Å²) in [6.07, 6.45) is 4.77. The zero-order valence-electron chi connectivity index (χ0n) is 45.9. The van der Waals surface area contributed by atoms with E-state index in [0.29, 0.717) is 0 Å². The van der Waals surface area contributed by atoms with E-state index < -0.39 is 0 Å². The number of thiophene rings is 1. The van der Waals surface area contributed by atoms with E-state index in [1.54, 1.807) is 0 Å². The molecule has 72 heavy (non-hydrogen) atoms. The first-order chi connectivity index (χ1) is 33.9. The molecule has 0 spiro atoms. The Hall–Kier alpha value is -5.84. The summed E-state index contributed by atoms with van der Waals surface area (Å²) in [7, 11) is 0. The lowest BCUT2D eigenvalue weighted by atomic mass is 9.36. The average Bonchev–Trinajstić information content (AvgIpc) is 3.70. The van der Waals surface area contributed by atoms with Crippen molar-refractivity contribution in [2.24, 2.45) is 0 Å². The van der Waals surface area contributed by atoms with Gasteiger partial charge >= 0.3 is 0 Å². The van der Waals surface area contributed by atoms with E-state index in [9.17, 15) is 0 Å². The fourth-order valence-corrected chi connectivity index (χ4v) is 13.1. The molecule has 0 fully saturated rings. The molecule has 0 N–H and O–H groups in total. The molecule has 2 aliphatic heterocycles. The Morgan fingerprint density at radius 2 is 0.986 bits per heavy atom. The van der Waals surface area contributed by atoms with E-state index in [1.807, 2.05) is 11.3 Å². The van der Waals surface area contributed by atoms with Gasteiger partial charge in [-0.25, -0.2) is 0 Å². The SMILES string of the molecule is CC(C)(C)c1cc(-c2ccc(N3c4ccc(C(C)(C)C)cc4B4c5sc6ccc(C(C)(C)C)cc6c5N(c5ccc(C(C)(C)C)cc5-c5cccc6c5CCCC6)c5cccc3c54)cc2)cc(C(C)(C)C)c1. The Balaban J connectivity index is 1.19. The highest BCUT2D eigenvalue weighted by Gasteiger charge is 2.46. The van der Waals surface area contributed by atoms with Crippen molar-refractivity contribution in [3.8, 4) is 22.3 Å². The summed E-state index contributed by atoms with van der Waals surface area (Å²) in [5, 5.41) is 1.34. The standard InChI is InChI=1S/C68H75BN2S/c1-64(2,3)45-28-33-56(53(39-45)52-23-18-21-43-20-16-17-22-51(43)52)71-59-25-19-24-58-61(59)69(63-62(71)54-40-46(65(4,5)6)30-35-60(54)72-63)55-41-47(66(7,8)9)29-34-57(55)70(58)50-31-26-42(27-32-50)44-36-48(67(10,11)12)38-49(37-44)68(13,14)15/h18-19,21,23-41H,16-17,20,22H2,1-15H3. The van der Waals surface area contributed by atoms with Crippen molar-refractivity contribution in [3.05, 3.63) is 172 Å². The van der Waals surface area contributed by atoms with Crippen LogP contribution in [0.4, 0.5) is 34.1 Å². The third-order valence-electron chi connectivity index (χ3n) is 16.2. The number of nitrogens with zero attached hydrogens (tertiary/aromatic N) is 2. The van der Waals surface area contributed by atoms with Crippen molar-refractivity contribution in [1.29, 1.82) is 0 Å². The average molecular weight is 963 g/mol. The number of rotatable bonds is 4. The summed E-state index contributed by atoms with van der Waals surface area (Å²) in [6.45, 7) is 35.3. The molecular formula is C68H75BN2S. The van der Waals surface area contributed by atoms with Crippen LogP contribution in [0.1, 0.15) is 156 Å². The zero-order chi connectivity index (χ0) is 51.0. The lowest BCUT2D eigenvalue weighted by molar-refractivity contribution is 0.569. The number of fused-ring (bicyclic) bond motifs is 7. The molecule has 1 aromatic heterocycles. The number of anilines is 6. The molecule has 366 valence electrons. The van der Waals surface area contributed by atoms with Crippen LogP contribution in [0.3, 0.4) is 0 Å². The van der Waals surface area contributed by atoms with E-state index in [4.69, 9.17) is 0 Å². The van der Waals surface area contributed by atoms with Crippen molar-refractivity contribution in [3.63, 3.8) is 0 Å². The molecule has 0 amide bonds. The van der Waals surface area contributed by atoms with Crippen LogP contribution in [0.2, 0.25) is 0 Å². The van der Waals surface area contributed by atoms with Crippen LogP contribution >= 0.6 is 11.3 Å².